The van der Waals surface area contributed by atoms with Crippen molar-refractivity contribution in [2.75, 3.05) is 28.4 Å². The Bertz CT molecular complexity index is 678. The van der Waals surface area contributed by atoms with Crippen molar-refractivity contribution >= 4 is 12.4 Å². The predicted molar refractivity (Wildman–Crippen MR) is 94.3 cm³/mol. The highest BCUT2D eigenvalue weighted by Gasteiger charge is 2.03. The van der Waals surface area contributed by atoms with Crippen LogP contribution in [0, 0.1) is 0 Å². The fraction of sp³-hybridized carbons (Fsp3) is 0.222. The number of nitrogens with zero attached hydrogens (tertiary/aromatic N) is 2. The van der Waals surface area contributed by atoms with Gasteiger partial charge in [-0.25, -0.2) is 0 Å². The Morgan fingerprint density at radius 1 is 0.583 bits per heavy atom. The summed E-state index contributed by atoms with van der Waals surface area (Å²) >= 11 is 0. The summed E-state index contributed by atoms with van der Waals surface area (Å²) in [6, 6.07) is 11.0. The first-order chi connectivity index (χ1) is 11.7. The summed E-state index contributed by atoms with van der Waals surface area (Å²) in [4.78, 5) is 0. The maximum atomic E-state index is 5.25. The van der Waals surface area contributed by atoms with Gasteiger partial charge in [-0.2, -0.15) is 10.2 Å². The highest BCUT2D eigenvalue weighted by Crippen LogP contribution is 2.27. The molecule has 0 radical (unpaired) electrons. The zero-order chi connectivity index (χ0) is 17.4. The third-order valence-electron chi connectivity index (χ3n) is 3.30. The Morgan fingerprint density at radius 2 is 0.958 bits per heavy atom. The highest BCUT2D eigenvalue weighted by molar-refractivity contribution is 5.84. The molecular weight excluding hydrogens is 308 g/mol. The molecule has 126 valence electrons. The molecule has 0 aliphatic heterocycles. The first-order valence-corrected chi connectivity index (χ1v) is 7.22. The Hall–Kier alpha value is -3.02. The molecule has 0 aliphatic rings. The van der Waals surface area contributed by atoms with E-state index in [1.807, 2.05) is 36.4 Å². The highest BCUT2D eigenvalue weighted by atomic mass is 16.5. The van der Waals surface area contributed by atoms with Gasteiger partial charge in [0.15, 0.2) is 23.0 Å². The topological polar surface area (TPSA) is 61.6 Å². The van der Waals surface area contributed by atoms with E-state index in [1.54, 1.807) is 40.9 Å². The maximum Gasteiger partial charge on any atom is 0.161 e. The molecule has 2 aromatic rings. The minimum atomic E-state index is 0.644. The lowest BCUT2D eigenvalue weighted by Gasteiger charge is -2.07. The number of rotatable bonds is 7. The molecule has 0 N–H and O–H groups in total. The van der Waals surface area contributed by atoms with E-state index in [4.69, 9.17) is 18.9 Å². The van der Waals surface area contributed by atoms with Crippen LogP contribution in [0.25, 0.3) is 0 Å². The summed E-state index contributed by atoms with van der Waals surface area (Å²) in [6.45, 7) is 0. The quantitative estimate of drug-likeness (QED) is 0.578. The maximum absolute atomic E-state index is 5.25. The molecule has 0 bridgehead atoms. The summed E-state index contributed by atoms with van der Waals surface area (Å²) in [5.74, 6) is 2.63. The van der Waals surface area contributed by atoms with Crippen molar-refractivity contribution in [2.24, 2.45) is 10.2 Å². The fourth-order valence-corrected chi connectivity index (χ4v) is 2.07. The van der Waals surface area contributed by atoms with Crippen molar-refractivity contribution in [3.05, 3.63) is 47.5 Å². The van der Waals surface area contributed by atoms with Crippen molar-refractivity contribution < 1.29 is 18.9 Å². The van der Waals surface area contributed by atoms with E-state index in [-0.39, 0.29) is 0 Å². The first kappa shape index (κ1) is 17.3. The van der Waals surface area contributed by atoms with Gasteiger partial charge in [0.2, 0.25) is 0 Å². The van der Waals surface area contributed by atoms with Gasteiger partial charge in [0.25, 0.3) is 0 Å². The van der Waals surface area contributed by atoms with Gasteiger partial charge in [0.1, 0.15) is 0 Å². The SMILES string of the molecule is COc1ccc(/C=N\N=C\c2ccc(OC)c(OC)c2)cc1OC. The molecule has 2 rings (SSSR count). The average molecular weight is 328 g/mol. The van der Waals surface area contributed by atoms with Gasteiger partial charge in [-0.1, -0.05) is 0 Å². The molecule has 0 saturated carbocycles. The summed E-state index contributed by atoms with van der Waals surface area (Å²) in [7, 11) is 6.38. The normalized spacial score (nSPS) is 11.0. The van der Waals surface area contributed by atoms with E-state index in [2.05, 4.69) is 10.2 Å². The molecule has 24 heavy (non-hydrogen) atoms. The molecule has 0 fully saturated rings. The second-order valence-corrected chi connectivity index (χ2v) is 4.72. The smallest absolute Gasteiger partial charge is 0.161 e. The Morgan fingerprint density at radius 3 is 1.29 bits per heavy atom. The lowest BCUT2D eigenvalue weighted by Crippen LogP contribution is -1.92. The Kier molecular flexibility index (Phi) is 6.19. The van der Waals surface area contributed by atoms with Crippen molar-refractivity contribution in [3.63, 3.8) is 0 Å². The van der Waals surface area contributed by atoms with Crippen LogP contribution in [0.4, 0.5) is 0 Å². The van der Waals surface area contributed by atoms with Gasteiger partial charge in [-0.3, -0.25) is 0 Å². The van der Waals surface area contributed by atoms with Gasteiger partial charge in [-0.15, -0.1) is 0 Å². The number of hydrogen-bond donors (Lipinski definition) is 0. The first-order valence-electron chi connectivity index (χ1n) is 7.22. The summed E-state index contributed by atoms with van der Waals surface area (Å²) in [5, 5.41) is 8.08. The van der Waals surface area contributed by atoms with Crippen molar-refractivity contribution in [3.8, 4) is 23.0 Å². The van der Waals surface area contributed by atoms with E-state index >= 15 is 0 Å². The van der Waals surface area contributed by atoms with Gasteiger partial charge >= 0.3 is 0 Å². The molecule has 6 heteroatoms. The molecule has 0 amide bonds. The number of ether oxygens (including phenoxy) is 4. The number of benzene rings is 2. The van der Waals surface area contributed by atoms with E-state index in [0.717, 1.165) is 11.1 Å². The molecule has 0 aromatic heterocycles. The average Bonchev–Trinajstić information content (AvgIpc) is 2.64. The molecule has 2 aromatic carbocycles. The third kappa shape index (κ3) is 4.25. The summed E-state index contributed by atoms with van der Waals surface area (Å²) in [5.41, 5.74) is 1.72. The van der Waals surface area contributed by atoms with E-state index < -0.39 is 0 Å². The van der Waals surface area contributed by atoms with Crippen LogP contribution in [0.2, 0.25) is 0 Å². The molecule has 0 spiro atoms. The molecule has 0 unspecified atom stereocenters. The van der Waals surface area contributed by atoms with Gasteiger partial charge in [0, 0.05) is 0 Å². The van der Waals surface area contributed by atoms with E-state index in [0.29, 0.717) is 23.0 Å². The second-order valence-electron chi connectivity index (χ2n) is 4.72. The standard InChI is InChI=1S/C18H20N2O4/c1-21-15-7-5-13(9-17(15)23-3)11-19-20-12-14-6-8-16(22-2)18(10-14)24-4/h5-12H,1-4H3/b19-11-,20-12+. The molecule has 0 saturated heterocycles. The number of hydrogen-bond acceptors (Lipinski definition) is 6. The zero-order valence-electron chi connectivity index (χ0n) is 14.1. The van der Waals surface area contributed by atoms with Crippen LogP contribution in [0.5, 0.6) is 23.0 Å². The predicted octanol–water partition coefficient (Wildman–Crippen LogP) is 3.17. The van der Waals surface area contributed by atoms with Crippen LogP contribution in [-0.4, -0.2) is 40.9 Å². The van der Waals surface area contributed by atoms with Crippen molar-refractivity contribution in [1.29, 1.82) is 0 Å². The van der Waals surface area contributed by atoms with Gasteiger partial charge in [-0.05, 0) is 47.5 Å². The van der Waals surface area contributed by atoms with Gasteiger partial charge in [0.05, 0.1) is 40.9 Å². The minimum absolute atomic E-state index is 0.644. The zero-order valence-corrected chi connectivity index (χ0v) is 14.1. The minimum Gasteiger partial charge on any atom is -0.493 e. The van der Waals surface area contributed by atoms with Crippen molar-refractivity contribution in [2.45, 2.75) is 0 Å². The van der Waals surface area contributed by atoms with Crippen LogP contribution in [0.1, 0.15) is 11.1 Å². The summed E-state index contributed by atoms with van der Waals surface area (Å²) < 4.78 is 20.9. The molecule has 6 nitrogen and oxygen atoms in total. The molecular formula is C18H20N2O4. The second kappa shape index (κ2) is 8.57. The van der Waals surface area contributed by atoms with Crippen molar-refractivity contribution in [1.82, 2.24) is 0 Å². The Labute approximate surface area is 141 Å². The van der Waals surface area contributed by atoms with E-state index in [9.17, 15) is 0 Å². The molecule has 0 heterocycles. The largest absolute Gasteiger partial charge is 0.493 e. The monoisotopic (exact) mass is 328 g/mol. The molecule has 0 atom stereocenters. The van der Waals surface area contributed by atoms with Crippen LogP contribution in [0.3, 0.4) is 0 Å². The van der Waals surface area contributed by atoms with Crippen LogP contribution < -0.4 is 18.9 Å². The molecule has 0 aliphatic carbocycles. The van der Waals surface area contributed by atoms with E-state index in [1.165, 1.54) is 0 Å². The Balaban J connectivity index is 2.09. The van der Waals surface area contributed by atoms with Crippen LogP contribution >= 0.6 is 0 Å². The summed E-state index contributed by atoms with van der Waals surface area (Å²) in [6.07, 6.45) is 3.28. The fourth-order valence-electron chi connectivity index (χ4n) is 2.07. The van der Waals surface area contributed by atoms with Crippen LogP contribution in [-0.2, 0) is 0 Å². The lowest BCUT2D eigenvalue weighted by molar-refractivity contribution is 0.355. The lowest BCUT2D eigenvalue weighted by atomic mass is 10.2. The number of methoxy groups -OCH3 is 4. The van der Waals surface area contributed by atoms with Crippen LogP contribution in [0.15, 0.2) is 46.6 Å². The third-order valence-corrected chi connectivity index (χ3v) is 3.30. The van der Waals surface area contributed by atoms with Gasteiger partial charge < -0.3 is 18.9 Å².